The van der Waals surface area contributed by atoms with Gasteiger partial charge in [-0.1, -0.05) is 11.6 Å². The van der Waals surface area contributed by atoms with Crippen LogP contribution in [0, 0.1) is 0 Å². The molecule has 3 rings (SSSR count). The molecule has 0 spiro atoms. The number of carbonyl (C=O) groups is 2. The van der Waals surface area contributed by atoms with Crippen molar-refractivity contribution in [2.45, 2.75) is 31.8 Å². The van der Waals surface area contributed by atoms with E-state index in [1.54, 1.807) is 25.1 Å². The normalized spacial score (nSPS) is 21.4. The Hall–Kier alpha value is -1.66. The molecule has 1 saturated heterocycles. The van der Waals surface area contributed by atoms with E-state index >= 15 is 0 Å². The van der Waals surface area contributed by atoms with Crippen LogP contribution < -0.4 is 15.5 Å². The van der Waals surface area contributed by atoms with Crippen molar-refractivity contribution in [2.75, 3.05) is 4.90 Å². The molecular formula is C14H14ClN3O2S. The summed E-state index contributed by atoms with van der Waals surface area (Å²) in [6.45, 7) is 1.74. The van der Waals surface area contributed by atoms with Crippen molar-refractivity contribution in [3.8, 4) is 0 Å². The summed E-state index contributed by atoms with van der Waals surface area (Å²) in [7, 11) is 0. The Morgan fingerprint density at radius 2 is 2.19 bits per heavy atom. The average molecular weight is 324 g/mol. The molecule has 1 aromatic carbocycles. The van der Waals surface area contributed by atoms with Crippen molar-refractivity contribution < 1.29 is 9.59 Å². The molecule has 0 unspecified atom stereocenters. The van der Waals surface area contributed by atoms with Crippen LogP contribution in [0.25, 0.3) is 0 Å². The first-order valence-corrected chi connectivity index (χ1v) is 7.51. The standard InChI is InChI=1S/C14H14ClN3O2S/c1-7-13(20)18(14(21)16-7)9-4-5-10(11(15)6-9)12(19)17-8-2-3-8/h4-8H,2-3H2,1H3,(H,16,21)(H,17,19)/t7-/m0/s1. The molecule has 110 valence electrons. The Morgan fingerprint density at radius 3 is 2.71 bits per heavy atom. The fraction of sp³-hybridized carbons (Fsp3) is 0.357. The van der Waals surface area contributed by atoms with Crippen molar-refractivity contribution in [3.63, 3.8) is 0 Å². The van der Waals surface area contributed by atoms with Crippen LogP contribution in [0.15, 0.2) is 18.2 Å². The summed E-state index contributed by atoms with van der Waals surface area (Å²) in [6, 6.07) is 4.80. The lowest BCUT2D eigenvalue weighted by atomic mass is 10.1. The second kappa shape index (κ2) is 5.27. The lowest BCUT2D eigenvalue weighted by molar-refractivity contribution is -0.117. The van der Waals surface area contributed by atoms with E-state index in [0.29, 0.717) is 21.4 Å². The third kappa shape index (κ3) is 2.73. The molecule has 2 fully saturated rings. The zero-order chi connectivity index (χ0) is 15.1. The average Bonchev–Trinajstić information content (AvgIpc) is 3.18. The van der Waals surface area contributed by atoms with E-state index in [9.17, 15) is 9.59 Å². The number of nitrogens with one attached hydrogen (secondary N) is 2. The topological polar surface area (TPSA) is 61.4 Å². The van der Waals surface area contributed by atoms with Crippen LogP contribution in [-0.2, 0) is 4.79 Å². The molecule has 1 heterocycles. The monoisotopic (exact) mass is 323 g/mol. The third-order valence-electron chi connectivity index (χ3n) is 3.50. The van der Waals surface area contributed by atoms with Crippen molar-refractivity contribution >= 4 is 46.4 Å². The Morgan fingerprint density at radius 1 is 1.48 bits per heavy atom. The van der Waals surface area contributed by atoms with E-state index in [1.165, 1.54) is 4.90 Å². The zero-order valence-corrected chi connectivity index (χ0v) is 12.9. The summed E-state index contributed by atoms with van der Waals surface area (Å²) in [5.41, 5.74) is 0.973. The van der Waals surface area contributed by atoms with Gasteiger partial charge >= 0.3 is 0 Å². The minimum Gasteiger partial charge on any atom is -0.350 e. The van der Waals surface area contributed by atoms with E-state index in [-0.39, 0.29) is 23.9 Å². The van der Waals surface area contributed by atoms with Crippen LogP contribution in [0.5, 0.6) is 0 Å². The number of benzene rings is 1. The van der Waals surface area contributed by atoms with Crippen molar-refractivity contribution in [1.29, 1.82) is 0 Å². The summed E-state index contributed by atoms with van der Waals surface area (Å²) in [6.07, 6.45) is 2.03. The second-order valence-corrected chi connectivity index (χ2v) is 6.05. The first-order valence-electron chi connectivity index (χ1n) is 6.72. The van der Waals surface area contributed by atoms with Gasteiger partial charge in [-0.05, 0) is 50.2 Å². The highest BCUT2D eigenvalue weighted by Gasteiger charge is 2.33. The van der Waals surface area contributed by atoms with E-state index in [1.807, 2.05) is 0 Å². The van der Waals surface area contributed by atoms with E-state index < -0.39 is 0 Å². The van der Waals surface area contributed by atoms with E-state index in [4.69, 9.17) is 23.8 Å². The summed E-state index contributed by atoms with van der Waals surface area (Å²) >= 11 is 11.3. The smallest absolute Gasteiger partial charge is 0.255 e. The molecule has 1 aromatic rings. The number of carbonyl (C=O) groups excluding carboxylic acids is 2. The van der Waals surface area contributed by atoms with Gasteiger partial charge in [0.2, 0.25) is 0 Å². The second-order valence-electron chi connectivity index (χ2n) is 5.26. The summed E-state index contributed by atoms with van der Waals surface area (Å²) in [5.74, 6) is -0.317. The Kier molecular flexibility index (Phi) is 3.59. The van der Waals surface area contributed by atoms with Crippen LogP contribution in [0.3, 0.4) is 0 Å². The van der Waals surface area contributed by atoms with Gasteiger partial charge in [0.05, 0.1) is 16.3 Å². The lowest BCUT2D eigenvalue weighted by Gasteiger charge is -2.16. The van der Waals surface area contributed by atoms with Crippen molar-refractivity contribution in [2.24, 2.45) is 0 Å². The van der Waals surface area contributed by atoms with Crippen LogP contribution in [-0.4, -0.2) is 29.0 Å². The molecular weight excluding hydrogens is 310 g/mol. The maximum absolute atomic E-state index is 12.1. The summed E-state index contributed by atoms with van der Waals surface area (Å²) in [4.78, 5) is 25.5. The molecule has 21 heavy (non-hydrogen) atoms. The summed E-state index contributed by atoms with van der Waals surface area (Å²) < 4.78 is 0. The fourth-order valence-electron chi connectivity index (χ4n) is 2.17. The van der Waals surface area contributed by atoms with Gasteiger partial charge in [-0.25, -0.2) is 0 Å². The number of amides is 2. The van der Waals surface area contributed by atoms with Gasteiger partial charge in [-0.3, -0.25) is 14.5 Å². The first kappa shape index (κ1) is 14.3. The van der Waals surface area contributed by atoms with Gasteiger partial charge in [-0.2, -0.15) is 0 Å². The Bertz CT molecular complexity index is 645. The largest absolute Gasteiger partial charge is 0.350 e. The van der Waals surface area contributed by atoms with E-state index in [0.717, 1.165) is 12.8 Å². The molecule has 1 aliphatic carbocycles. The highest BCUT2D eigenvalue weighted by molar-refractivity contribution is 7.80. The van der Waals surface area contributed by atoms with Gasteiger partial charge in [0.1, 0.15) is 6.04 Å². The van der Waals surface area contributed by atoms with Gasteiger partial charge < -0.3 is 10.6 Å². The molecule has 1 atom stereocenters. The molecule has 1 aliphatic heterocycles. The minimum atomic E-state index is -0.353. The molecule has 7 heteroatoms. The highest BCUT2D eigenvalue weighted by Crippen LogP contribution is 2.27. The predicted octanol–water partition coefficient (Wildman–Crippen LogP) is 1.84. The number of nitrogens with zero attached hydrogens (tertiary/aromatic N) is 1. The fourth-order valence-corrected chi connectivity index (χ4v) is 2.80. The summed E-state index contributed by atoms with van der Waals surface area (Å²) in [5, 5.41) is 6.43. The molecule has 0 bridgehead atoms. The quantitative estimate of drug-likeness (QED) is 0.833. The van der Waals surface area contributed by atoms with Crippen LogP contribution in [0.1, 0.15) is 30.1 Å². The van der Waals surface area contributed by atoms with Gasteiger partial charge in [0.15, 0.2) is 5.11 Å². The lowest BCUT2D eigenvalue weighted by Crippen LogP contribution is -2.31. The number of rotatable bonds is 3. The molecule has 1 saturated carbocycles. The molecule has 2 amide bonds. The van der Waals surface area contributed by atoms with Crippen LogP contribution in [0.2, 0.25) is 5.02 Å². The maximum Gasteiger partial charge on any atom is 0.255 e. The van der Waals surface area contributed by atoms with Crippen molar-refractivity contribution in [3.05, 3.63) is 28.8 Å². The SMILES string of the molecule is C[C@@H]1NC(=S)N(c2ccc(C(=O)NC3CC3)c(Cl)c2)C1=O. The number of thiocarbonyl (C=S) groups is 1. The molecule has 2 N–H and O–H groups in total. The zero-order valence-electron chi connectivity index (χ0n) is 11.4. The number of anilines is 1. The van der Waals surface area contributed by atoms with Crippen molar-refractivity contribution in [1.82, 2.24) is 10.6 Å². The molecule has 5 nitrogen and oxygen atoms in total. The Labute approximate surface area is 132 Å². The first-order chi connectivity index (χ1) is 9.97. The van der Waals surface area contributed by atoms with Gasteiger partial charge in [-0.15, -0.1) is 0 Å². The minimum absolute atomic E-state index is 0.133. The number of hydrogen-bond donors (Lipinski definition) is 2. The molecule has 0 radical (unpaired) electrons. The number of halogens is 1. The third-order valence-corrected chi connectivity index (χ3v) is 4.12. The van der Waals surface area contributed by atoms with Gasteiger partial charge in [0, 0.05) is 6.04 Å². The molecule has 0 aromatic heterocycles. The van der Waals surface area contributed by atoms with Crippen LogP contribution in [0.4, 0.5) is 5.69 Å². The van der Waals surface area contributed by atoms with Crippen LogP contribution >= 0.6 is 23.8 Å². The predicted molar refractivity (Wildman–Crippen MR) is 84.6 cm³/mol. The highest BCUT2D eigenvalue weighted by atomic mass is 35.5. The maximum atomic E-state index is 12.1. The Balaban J connectivity index is 1.85. The van der Waals surface area contributed by atoms with Gasteiger partial charge in [0.25, 0.3) is 11.8 Å². The molecule has 2 aliphatic rings. The van der Waals surface area contributed by atoms with E-state index in [2.05, 4.69) is 10.6 Å². The number of hydrogen-bond acceptors (Lipinski definition) is 3.